The van der Waals surface area contributed by atoms with E-state index < -0.39 is 5.97 Å². The Morgan fingerprint density at radius 2 is 1.93 bits per heavy atom. The van der Waals surface area contributed by atoms with E-state index in [0.717, 1.165) is 16.3 Å². The number of fused-ring (bicyclic) bond motifs is 1. The van der Waals surface area contributed by atoms with E-state index in [1.165, 1.54) is 0 Å². The minimum absolute atomic E-state index is 0. The van der Waals surface area contributed by atoms with Crippen LogP contribution >= 0.6 is 0 Å². The third-order valence-corrected chi connectivity index (χ3v) is 2.27. The van der Waals surface area contributed by atoms with Gasteiger partial charge in [0.1, 0.15) is 0 Å². The Morgan fingerprint density at radius 3 is 2.60 bits per heavy atom. The second kappa shape index (κ2) is 4.55. The van der Waals surface area contributed by atoms with Gasteiger partial charge in [-0.15, -0.1) is 0 Å². The molecule has 73 valence electrons. The van der Waals surface area contributed by atoms with E-state index in [1.54, 1.807) is 12.1 Å². The predicted octanol–water partition coefficient (Wildman–Crippen LogP) is 2.47. The predicted molar refractivity (Wildman–Crippen MR) is 61.4 cm³/mol. The summed E-state index contributed by atoms with van der Waals surface area (Å²) in [4.78, 5) is 10.9. The summed E-state index contributed by atoms with van der Waals surface area (Å²) in [6, 6.07) is 11.1. The van der Waals surface area contributed by atoms with Crippen molar-refractivity contribution in [3.8, 4) is 0 Å². The van der Waals surface area contributed by atoms with Crippen molar-refractivity contribution >= 4 is 36.5 Å². The molecule has 0 bridgehead atoms. The first kappa shape index (κ1) is 11.9. The van der Waals surface area contributed by atoms with Crippen molar-refractivity contribution < 1.29 is 9.90 Å². The van der Waals surface area contributed by atoms with E-state index >= 15 is 0 Å². The summed E-state index contributed by atoms with van der Waals surface area (Å²) in [5, 5.41) is 10.7. The number of carboxylic acid groups (broad SMARTS) is 1. The molecule has 0 aliphatic heterocycles. The molecule has 0 saturated heterocycles. The van der Waals surface area contributed by atoms with Gasteiger partial charge in [-0.1, -0.05) is 35.9 Å². The van der Waals surface area contributed by atoms with Crippen molar-refractivity contribution in [2.75, 3.05) is 0 Å². The van der Waals surface area contributed by atoms with Crippen LogP contribution in [-0.2, 0) is 0 Å². The van der Waals surface area contributed by atoms with Gasteiger partial charge in [0.25, 0.3) is 0 Å². The fourth-order valence-corrected chi connectivity index (χ4v) is 1.57. The molecule has 0 fully saturated rings. The Balaban J connectivity index is 0.00000112. The quantitative estimate of drug-likeness (QED) is 0.795. The van der Waals surface area contributed by atoms with E-state index in [9.17, 15) is 4.79 Å². The summed E-state index contributed by atoms with van der Waals surface area (Å²) in [5.74, 6) is -0.874. The molecule has 2 aromatic rings. The summed E-state index contributed by atoms with van der Waals surface area (Å²) in [6.07, 6.45) is 0. The fourth-order valence-electron chi connectivity index (χ4n) is 1.57. The molecule has 2 aromatic carbocycles. The minimum atomic E-state index is -0.874. The van der Waals surface area contributed by atoms with Crippen molar-refractivity contribution in [1.82, 2.24) is 0 Å². The zero-order valence-corrected chi connectivity index (χ0v) is 10.8. The zero-order valence-electron chi connectivity index (χ0n) is 8.40. The number of carbonyl (C=O) groups is 1. The van der Waals surface area contributed by atoms with E-state index in [0.29, 0.717) is 5.56 Å². The van der Waals surface area contributed by atoms with E-state index in [-0.39, 0.29) is 19.8 Å². The van der Waals surface area contributed by atoms with Crippen LogP contribution in [0, 0.1) is 6.92 Å². The van der Waals surface area contributed by atoms with Crippen molar-refractivity contribution in [1.29, 1.82) is 0 Å². The van der Waals surface area contributed by atoms with Crippen LogP contribution in [0.15, 0.2) is 36.4 Å². The molecule has 0 saturated carbocycles. The first-order chi connectivity index (χ1) is 6.68. The normalized spacial score (nSPS) is 9.67. The molecule has 0 spiro atoms. The topological polar surface area (TPSA) is 37.3 Å². The van der Waals surface area contributed by atoms with Gasteiger partial charge >= 0.3 is 5.97 Å². The molecular formula is C12H10GaO2. The molecule has 0 unspecified atom stereocenters. The molecule has 0 aliphatic rings. The second-order valence-corrected chi connectivity index (χ2v) is 3.34. The summed E-state index contributed by atoms with van der Waals surface area (Å²) >= 11 is 0. The van der Waals surface area contributed by atoms with E-state index in [4.69, 9.17) is 5.11 Å². The first-order valence-electron chi connectivity index (χ1n) is 4.41. The van der Waals surface area contributed by atoms with Gasteiger partial charge in [-0.25, -0.2) is 4.79 Å². The zero-order chi connectivity index (χ0) is 10.1. The van der Waals surface area contributed by atoms with Gasteiger partial charge in [-0.3, -0.25) is 0 Å². The number of aromatic carboxylic acids is 1. The van der Waals surface area contributed by atoms with Crippen LogP contribution in [0.2, 0.25) is 0 Å². The molecule has 0 atom stereocenters. The van der Waals surface area contributed by atoms with Gasteiger partial charge in [0.15, 0.2) is 0 Å². The Morgan fingerprint density at radius 1 is 1.20 bits per heavy atom. The molecule has 0 aliphatic carbocycles. The van der Waals surface area contributed by atoms with Crippen molar-refractivity contribution in [2.45, 2.75) is 6.92 Å². The van der Waals surface area contributed by atoms with Gasteiger partial charge < -0.3 is 5.11 Å². The van der Waals surface area contributed by atoms with E-state index in [2.05, 4.69) is 0 Å². The minimum Gasteiger partial charge on any atom is -0.478 e. The Kier molecular flexibility index (Phi) is 3.60. The number of hydrogen-bond donors (Lipinski definition) is 1. The maximum absolute atomic E-state index is 10.9. The number of benzene rings is 2. The van der Waals surface area contributed by atoms with Crippen LogP contribution in [0.3, 0.4) is 0 Å². The third-order valence-electron chi connectivity index (χ3n) is 2.27. The Bertz CT molecular complexity index is 506. The van der Waals surface area contributed by atoms with Crippen LogP contribution in [0.1, 0.15) is 15.9 Å². The molecular weight excluding hydrogens is 246 g/mol. The average molecular weight is 256 g/mol. The largest absolute Gasteiger partial charge is 0.478 e. The molecule has 3 radical (unpaired) electrons. The molecule has 0 amide bonds. The molecule has 2 rings (SSSR count). The Hall–Kier alpha value is -1.19. The van der Waals surface area contributed by atoms with Crippen LogP contribution in [0.25, 0.3) is 10.8 Å². The van der Waals surface area contributed by atoms with Crippen LogP contribution in [-0.4, -0.2) is 30.9 Å². The van der Waals surface area contributed by atoms with Gasteiger partial charge in [0, 0.05) is 19.8 Å². The molecule has 1 N–H and O–H groups in total. The number of hydrogen-bond acceptors (Lipinski definition) is 1. The smallest absolute Gasteiger partial charge is 0.336 e. The molecule has 2 nitrogen and oxygen atoms in total. The maximum Gasteiger partial charge on any atom is 0.336 e. The number of aryl methyl sites for hydroxylation is 1. The first-order valence-corrected chi connectivity index (χ1v) is 4.41. The molecule has 15 heavy (non-hydrogen) atoms. The summed E-state index contributed by atoms with van der Waals surface area (Å²) in [7, 11) is 0. The second-order valence-electron chi connectivity index (χ2n) is 3.34. The standard InChI is InChI=1S/C12H10O2.Ga/c1-8-5-6-9-3-2-4-10(12(13)14)11(9)7-8;/h2-7H,1H3,(H,13,14);. The summed E-state index contributed by atoms with van der Waals surface area (Å²) in [5.41, 5.74) is 1.44. The van der Waals surface area contributed by atoms with Gasteiger partial charge in [-0.2, -0.15) is 0 Å². The third kappa shape index (κ3) is 2.25. The van der Waals surface area contributed by atoms with Crippen molar-refractivity contribution in [3.05, 3.63) is 47.5 Å². The maximum atomic E-state index is 10.9. The number of carboxylic acids is 1. The van der Waals surface area contributed by atoms with Crippen LogP contribution in [0.5, 0.6) is 0 Å². The summed E-state index contributed by atoms with van der Waals surface area (Å²) in [6.45, 7) is 1.96. The van der Waals surface area contributed by atoms with Gasteiger partial charge in [0.05, 0.1) is 5.56 Å². The van der Waals surface area contributed by atoms with Gasteiger partial charge in [-0.05, 0) is 23.8 Å². The molecule has 3 heteroatoms. The van der Waals surface area contributed by atoms with Crippen molar-refractivity contribution in [3.63, 3.8) is 0 Å². The van der Waals surface area contributed by atoms with Crippen LogP contribution < -0.4 is 0 Å². The van der Waals surface area contributed by atoms with Crippen molar-refractivity contribution in [2.24, 2.45) is 0 Å². The Labute approximate surface area is 101 Å². The monoisotopic (exact) mass is 255 g/mol. The SMILES string of the molecule is Cc1ccc2cccc(C(=O)O)c2c1.[Ga]. The molecule has 0 aromatic heterocycles. The van der Waals surface area contributed by atoms with Crippen LogP contribution in [0.4, 0.5) is 0 Å². The average Bonchev–Trinajstić information content (AvgIpc) is 2.16. The number of rotatable bonds is 1. The fraction of sp³-hybridized carbons (Fsp3) is 0.0833. The van der Waals surface area contributed by atoms with Gasteiger partial charge in [0.2, 0.25) is 0 Å². The van der Waals surface area contributed by atoms with E-state index in [1.807, 2.05) is 31.2 Å². The molecule has 0 heterocycles. The summed E-state index contributed by atoms with van der Waals surface area (Å²) < 4.78 is 0.